The lowest BCUT2D eigenvalue weighted by Gasteiger charge is -2.12. The Morgan fingerprint density at radius 2 is 1.72 bits per heavy atom. The summed E-state index contributed by atoms with van der Waals surface area (Å²) in [5.74, 6) is -0.0678. The maximum atomic E-state index is 12.3. The van der Waals surface area contributed by atoms with Gasteiger partial charge in [-0.3, -0.25) is 4.79 Å². The Labute approximate surface area is 147 Å². The molecule has 1 aliphatic heterocycles. The fourth-order valence-electron chi connectivity index (χ4n) is 3.59. The normalized spacial score (nSPS) is 14.9. The molecule has 1 fully saturated rings. The highest BCUT2D eigenvalue weighted by Crippen LogP contribution is 2.14. The van der Waals surface area contributed by atoms with Gasteiger partial charge in [0.2, 0.25) is 0 Å². The lowest BCUT2D eigenvalue weighted by molar-refractivity contribution is -0.901. The van der Waals surface area contributed by atoms with Crippen molar-refractivity contribution in [3.8, 4) is 0 Å². The van der Waals surface area contributed by atoms with E-state index in [2.05, 4.69) is 34.6 Å². The Kier molecular flexibility index (Phi) is 4.53. The number of likely N-dealkylation sites (tertiary alicyclic amines) is 1. The predicted octanol–water partition coefficient (Wildman–Crippen LogP) is 2.28. The third-order valence-corrected chi connectivity index (χ3v) is 5.02. The lowest BCUT2D eigenvalue weighted by atomic mass is 10.1. The Morgan fingerprint density at radius 3 is 2.48 bits per heavy atom. The molecule has 128 valence electrons. The summed E-state index contributed by atoms with van der Waals surface area (Å²) in [7, 11) is 0. The first-order valence-corrected chi connectivity index (χ1v) is 9.05. The minimum absolute atomic E-state index is 0.0678. The van der Waals surface area contributed by atoms with Gasteiger partial charge < -0.3 is 15.2 Å². The van der Waals surface area contributed by atoms with Crippen LogP contribution in [-0.2, 0) is 13.1 Å². The van der Waals surface area contributed by atoms with Crippen molar-refractivity contribution in [2.45, 2.75) is 25.9 Å². The predicted molar refractivity (Wildman–Crippen MR) is 99.5 cm³/mol. The molecule has 0 aliphatic carbocycles. The van der Waals surface area contributed by atoms with E-state index < -0.39 is 0 Å². The minimum Gasteiger partial charge on any atom is -0.351 e. The molecule has 1 amide bonds. The molecule has 0 spiro atoms. The molecule has 2 heterocycles. The third kappa shape index (κ3) is 3.74. The van der Waals surface area contributed by atoms with Gasteiger partial charge in [-0.1, -0.05) is 42.5 Å². The van der Waals surface area contributed by atoms with Crippen molar-refractivity contribution in [1.82, 2.24) is 10.3 Å². The number of hydrogen-bond acceptors (Lipinski definition) is 1. The molecule has 4 heteroatoms. The number of nitrogens with one attached hydrogen (secondary N) is 3. The van der Waals surface area contributed by atoms with Gasteiger partial charge in [-0.05, 0) is 17.7 Å². The summed E-state index contributed by atoms with van der Waals surface area (Å²) in [4.78, 5) is 17.2. The number of carbonyl (C=O) groups excluding carboxylic acids is 1. The van der Waals surface area contributed by atoms with Crippen molar-refractivity contribution < 1.29 is 9.69 Å². The number of para-hydroxylation sites is 1. The van der Waals surface area contributed by atoms with Gasteiger partial charge in [0.05, 0.1) is 13.1 Å². The minimum atomic E-state index is -0.0678. The van der Waals surface area contributed by atoms with Gasteiger partial charge in [-0.25, -0.2) is 0 Å². The number of rotatable bonds is 5. The van der Waals surface area contributed by atoms with Gasteiger partial charge in [0.25, 0.3) is 5.91 Å². The Bertz CT molecular complexity index is 827. The van der Waals surface area contributed by atoms with Crippen LogP contribution in [0.3, 0.4) is 0 Å². The average molecular weight is 334 g/mol. The van der Waals surface area contributed by atoms with Crippen LogP contribution < -0.4 is 10.2 Å². The second-order valence-electron chi connectivity index (χ2n) is 6.90. The summed E-state index contributed by atoms with van der Waals surface area (Å²) in [5.41, 5.74) is 4.10. The fourth-order valence-corrected chi connectivity index (χ4v) is 3.59. The second kappa shape index (κ2) is 7.11. The van der Waals surface area contributed by atoms with E-state index in [1.165, 1.54) is 31.5 Å². The van der Waals surface area contributed by atoms with Crippen LogP contribution in [0.25, 0.3) is 10.9 Å². The van der Waals surface area contributed by atoms with Crippen LogP contribution in [-0.4, -0.2) is 24.0 Å². The molecule has 0 atom stereocenters. The number of benzene rings is 2. The van der Waals surface area contributed by atoms with Crippen LogP contribution in [0, 0.1) is 0 Å². The van der Waals surface area contributed by atoms with E-state index >= 15 is 0 Å². The van der Waals surface area contributed by atoms with E-state index in [-0.39, 0.29) is 5.91 Å². The lowest BCUT2D eigenvalue weighted by Crippen LogP contribution is -3.08. The Balaban J connectivity index is 1.34. The molecule has 4 rings (SSSR count). The standard InChI is InChI=1S/C21H23N3O/c25-21(20-13-18-5-1-2-6-19(18)23-20)22-14-16-7-9-17(10-8-16)15-24-11-3-4-12-24/h1-2,5-10,13,23H,3-4,11-12,14-15H2,(H,22,25)/p+1. The highest BCUT2D eigenvalue weighted by atomic mass is 16.1. The molecule has 25 heavy (non-hydrogen) atoms. The summed E-state index contributed by atoms with van der Waals surface area (Å²) in [5, 5.41) is 4.05. The molecule has 2 aromatic carbocycles. The van der Waals surface area contributed by atoms with E-state index in [9.17, 15) is 4.79 Å². The molecule has 0 bridgehead atoms. The highest BCUT2D eigenvalue weighted by Gasteiger charge is 2.15. The van der Waals surface area contributed by atoms with Crippen LogP contribution in [0.5, 0.6) is 0 Å². The Morgan fingerprint density at radius 1 is 1.00 bits per heavy atom. The van der Waals surface area contributed by atoms with Crippen molar-refractivity contribution in [2.75, 3.05) is 13.1 Å². The van der Waals surface area contributed by atoms with Crippen molar-refractivity contribution in [3.63, 3.8) is 0 Å². The summed E-state index contributed by atoms with van der Waals surface area (Å²) < 4.78 is 0. The summed E-state index contributed by atoms with van der Waals surface area (Å²) in [6.45, 7) is 4.25. The summed E-state index contributed by atoms with van der Waals surface area (Å²) in [6.07, 6.45) is 2.71. The average Bonchev–Trinajstić information content (AvgIpc) is 3.30. The van der Waals surface area contributed by atoms with Gasteiger partial charge >= 0.3 is 0 Å². The number of H-pyrrole nitrogens is 1. The van der Waals surface area contributed by atoms with Crippen molar-refractivity contribution >= 4 is 16.8 Å². The second-order valence-corrected chi connectivity index (χ2v) is 6.90. The van der Waals surface area contributed by atoms with E-state index in [0.29, 0.717) is 12.2 Å². The van der Waals surface area contributed by atoms with E-state index in [1.54, 1.807) is 4.90 Å². The summed E-state index contributed by atoms with van der Waals surface area (Å²) in [6, 6.07) is 18.4. The van der Waals surface area contributed by atoms with Gasteiger partial charge in [0.1, 0.15) is 12.2 Å². The Hall–Kier alpha value is -2.59. The van der Waals surface area contributed by atoms with Crippen LogP contribution in [0.1, 0.15) is 34.5 Å². The maximum absolute atomic E-state index is 12.3. The molecule has 1 aliphatic rings. The SMILES string of the molecule is O=C(NCc1ccc(C[NH+]2CCCC2)cc1)c1cc2ccccc2[nH]1. The largest absolute Gasteiger partial charge is 0.351 e. The molecule has 0 radical (unpaired) electrons. The van der Waals surface area contributed by atoms with Gasteiger partial charge in [0, 0.05) is 35.9 Å². The number of amides is 1. The molecular weight excluding hydrogens is 310 g/mol. The third-order valence-electron chi connectivity index (χ3n) is 5.02. The van der Waals surface area contributed by atoms with E-state index in [4.69, 9.17) is 0 Å². The zero-order valence-electron chi connectivity index (χ0n) is 14.3. The first kappa shape index (κ1) is 15.9. The zero-order valence-corrected chi connectivity index (χ0v) is 14.3. The molecule has 3 aromatic rings. The number of carbonyl (C=O) groups is 1. The summed E-state index contributed by atoms with van der Waals surface area (Å²) >= 11 is 0. The van der Waals surface area contributed by atoms with Gasteiger partial charge in [-0.15, -0.1) is 0 Å². The van der Waals surface area contributed by atoms with Crippen LogP contribution in [0.2, 0.25) is 0 Å². The highest BCUT2D eigenvalue weighted by molar-refractivity contribution is 5.97. The number of fused-ring (bicyclic) bond motifs is 1. The van der Waals surface area contributed by atoms with Crippen molar-refractivity contribution in [1.29, 1.82) is 0 Å². The molecule has 3 N–H and O–H groups in total. The van der Waals surface area contributed by atoms with Crippen LogP contribution >= 0.6 is 0 Å². The number of quaternary nitrogens is 1. The topological polar surface area (TPSA) is 49.3 Å². The first-order chi connectivity index (χ1) is 12.3. The quantitative estimate of drug-likeness (QED) is 0.659. The van der Waals surface area contributed by atoms with E-state index in [0.717, 1.165) is 23.0 Å². The molecule has 0 unspecified atom stereocenters. The number of hydrogen-bond donors (Lipinski definition) is 3. The first-order valence-electron chi connectivity index (χ1n) is 9.05. The smallest absolute Gasteiger partial charge is 0.267 e. The fraction of sp³-hybridized carbons (Fsp3) is 0.286. The monoisotopic (exact) mass is 334 g/mol. The molecule has 1 saturated heterocycles. The van der Waals surface area contributed by atoms with Gasteiger partial charge in [0.15, 0.2) is 0 Å². The zero-order chi connectivity index (χ0) is 17.1. The van der Waals surface area contributed by atoms with Crippen LogP contribution in [0.4, 0.5) is 0 Å². The number of aromatic nitrogens is 1. The molecule has 1 aromatic heterocycles. The maximum Gasteiger partial charge on any atom is 0.267 e. The van der Waals surface area contributed by atoms with Crippen molar-refractivity contribution in [3.05, 3.63) is 71.4 Å². The van der Waals surface area contributed by atoms with Crippen molar-refractivity contribution in [2.24, 2.45) is 0 Å². The molecule has 0 saturated carbocycles. The van der Waals surface area contributed by atoms with Gasteiger partial charge in [-0.2, -0.15) is 0 Å². The molecular formula is C21H24N3O+. The van der Waals surface area contributed by atoms with Crippen LogP contribution in [0.15, 0.2) is 54.6 Å². The van der Waals surface area contributed by atoms with E-state index in [1.807, 2.05) is 30.3 Å². The molecule has 4 nitrogen and oxygen atoms in total. The number of aromatic amines is 1.